The average Bonchev–Trinajstić information content (AvgIpc) is 3.00. The van der Waals surface area contributed by atoms with Gasteiger partial charge in [-0.3, -0.25) is 19.2 Å². The highest BCUT2D eigenvalue weighted by Gasteiger charge is 2.22. The van der Waals surface area contributed by atoms with Crippen LogP contribution in [0.5, 0.6) is 0 Å². The maximum absolute atomic E-state index is 12.7. The molecule has 1 aliphatic heterocycles. The molecular formula is C17H20N6O. The second-order valence-corrected chi connectivity index (χ2v) is 6.47. The monoisotopic (exact) mass is 324 g/mol. The molecule has 7 nitrogen and oxygen atoms in total. The predicted octanol–water partition coefficient (Wildman–Crippen LogP) is 1.58. The number of rotatable bonds is 3. The van der Waals surface area contributed by atoms with Crippen molar-refractivity contribution in [2.24, 2.45) is 0 Å². The van der Waals surface area contributed by atoms with Crippen LogP contribution >= 0.6 is 0 Å². The minimum atomic E-state index is 0.0189. The van der Waals surface area contributed by atoms with Gasteiger partial charge in [-0.15, -0.1) is 0 Å². The standard InChI is InChI=1S/C17H20N6O/c1-12(2)23-16-14(9-19-23)17(24)22-8-7-21(11-15(22)20-16)10-13-3-5-18-6-4-13/h3-6,9,12H,7-8,10-11H2,1-2H3. The largest absolute Gasteiger partial charge is 0.294 e. The molecule has 7 heteroatoms. The maximum atomic E-state index is 12.7. The lowest BCUT2D eigenvalue weighted by Crippen LogP contribution is -2.39. The van der Waals surface area contributed by atoms with E-state index < -0.39 is 0 Å². The summed E-state index contributed by atoms with van der Waals surface area (Å²) >= 11 is 0. The van der Waals surface area contributed by atoms with Gasteiger partial charge in [-0.05, 0) is 31.5 Å². The van der Waals surface area contributed by atoms with Crippen molar-refractivity contribution in [2.45, 2.75) is 39.5 Å². The van der Waals surface area contributed by atoms with E-state index in [1.165, 1.54) is 5.56 Å². The van der Waals surface area contributed by atoms with E-state index in [1.54, 1.807) is 23.2 Å². The lowest BCUT2D eigenvalue weighted by molar-refractivity contribution is 0.204. The summed E-state index contributed by atoms with van der Waals surface area (Å²) in [7, 11) is 0. The Balaban J connectivity index is 1.70. The summed E-state index contributed by atoms with van der Waals surface area (Å²) in [6.45, 7) is 7.08. The zero-order valence-corrected chi connectivity index (χ0v) is 13.9. The summed E-state index contributed by atoms with van der Waals surface area (Å²) in [5.74, 6) is 0.815. The first-order chi connectivity index (χ1) is 11.6. The number of pyridine rings is 1. The molecule has 0 fully saturated rings. The van der Waals surface area contributed by atoms with Gasteiger partial charge in [0, 0.05) is 38.1 Å². The molecule has 0 saturated heterocycles. The zero-order chi connectivity index (χ0) is 16.7. The number of hydrogen-bond acceptors (Lipinski definition) is 5. The topological polar surface area (TPSA) is 68.8 Å². The Hall–Kier alpha value is -2.54. The van der Waals surface area contributed by atoms with Crippen LogP contribution in [0.25, 0.3) is 11.0 Å². The van der Waals surface area contributed by atoms with Crippen LogP contribution in [0.15, 0.2) is 35.5 Å². The van der Waals surface area contributed by atoms with Gasteiger partial charge >= 0.3 is 0 Å². The molecule has 0 spiro atoms. The van der Waals surface area contributed by atoms with Crippen LogP contribution in [0.3, 0.4) is 0 Å². The Morgan fingerprint density at radius 1 is 1.21 bits per heavy atom. The highest BCUT2D eigenvalue weighted by Crippen LogP contribution is 2.17. The van der Waals surface area contributed by atoms with Crippen molar-refractivity contribution in [2.75, 3.05) is 6.54 Å². The number of hydrogen-bond donors (Lipinski definition) is 0. The van der Waals surface area contributed by atoms with Gasteiger partial charge in [0.2, 0.25) is 0 Å². The fraction of sp³-hybridized carbons (Fsp3) is 0.412. The molecule has 0 atom stereocenters. The third-order valence-electron chi connectivity index (χ3n) is 4.44. The SMILES string of the molecule is CC(C)n1ncc2c(=O)n3c(nc21)CN(Cc1ccncc1)CC3. The summed E-state index contributed by atoms with van der Waals surface area (Å²) in [4.78, 5) is 23.8. The summed E-state index contributed by atoms with van der Waals surface area (Å²) in [5, 5.41) is 4.94. The lowest BCUT2D eigenvalue weighted by atomic mass is 10.2. The van der Waals surface area contributed by atoms with Gasteiger partial charge in [-0.1, -0.05) is 0 Å². The van der Waals surface area contributed by atoms with Crippen molar-refractivity contribution in [3.05, 3.63) is 52.5 Å². The molecule has 124 valence electrons. The van der Waals surface area contributed by atoms with Crippen molar-refractivity contribution in [1.82, 2.24) is 29.2 Å². The molecule has 0 saturated carbocycles. The number of nitrogens with zero attached hydrogens (tertiary/aromatic N) is 6. The third-order valence-corrected chi connectivity index (χ3v) is 4.44. The normalized spacial score (nSPS) is 15.1. The van der Waals surface area contributed by atoms with E-state index in [1.807, 2.05) is 30.7 Å². The van der Waals surface area contributed by atoms with Gasteiger partial charge in [0.05, 0.1) is 12.7 Å². The Morgan fingerprint density at radius 2 is 2.00 bits per heavy atom. The minimum absolute atomic E-state index is 0.0189. The van der Waals surface area contributed by atoms with Crippen LogP contribution in [0, 0.1) is 0 Å². The average molecular weight is 324 g/mol. The van der Waals surface area contributed by atoms with Gasteiger partial charge in [-0.25, -0.2) is 9.67 Å². The smallest absolute Gasteiger partial charge is 0.264 e. The van der Waals surface area contributed by atoms with Crippen LogP contribution < -0.4 is 5.56 Å². The molecule has 24 heavy (non-hydrogen) atoms. The molecule has 0 aromatic carbocycles. The summed E-state index contributed by atoms with van der Waals surface area (Å²) in [6, 6.07) is 4.21. The lowest BCUT2D eigenvalue weighted by Gasteiger charge is -2.29. The van der Waals surface area contributed by atoms with E-state index in [0.717, 1.165) is 18.9 Å². The molecule has 4 heterocycles. The third kappa shape index (κ3) is 2.50. The highest BCUT2D eigenvalue weighted by atomic mass is 16.1. The first-order valence-corrected chi connectivity index (χ1v) is 8.21. The van der Waals surface area contributed by atoms with Gasteiger partial charge < -0.3 is 0 Å². The Labute approximate surface area is 139 Å². The fourth-order valence-electron chi connectivity index (χ4n) is 3.19. The first-order valence-electron chi connectivity index (χ1n) is 8.21. The minimum Gasteiger partial charge on any atom is -0.294 e. The Morgan fingerprint density at radius 3 is 2.75 bits per heavy atom. The van der Waals surface area contributed by atoms with Crippen LogP contribution in [-0.4, -0.2) is 35.8 Å². The van der Waals surface area contributed by atoms with Crippen molar-refractivity contribution in [3.8, 4) is 0 Å². The Bertz CT molecular complexity index is 927. The van der Waals surface area contributed by atoms with Crippen molar-refractivity contribution >= 4 is 11.0 Å². The number of aromatic nitrogens is 5. The van der Waals surface area contributed by atoms with Crippen molar-refractivity contribution in [3.63, 3.8) is 0 Å². The molecule has 3 aromatic heterocycles. The molecule has 0 radical (unpaired) electrons. The summed E-state index contributed by atoms with van der Waals surface area (Å²) in [5.41, 5.74) is 1.92. The molecule has 0 unspecified atom stereocenters. The van der Waals surface area contributed by atoms with Crippen LogP contribution in [0.4, 0.5) is 0 Å². The van der Waals surface area contributed by atoms with E-state index in [-0.39, 0.29) is 11.6 Å². The van der Waals surface area contributed by atoms with Crippen LogP contribution in [0.1, 0.15) is 31.3 Å². The summed E-state index contributed by atoms with van der Waals surface area (Å²) in [6.07, 6.45) is 5.25. The van der Waals surface area contributed by atoms with Crippen molar-refractivity contribution in [1.29, 1.82) is 0 Å². The molecule has 4 rings (SSSR count). The van der Waals surface area contributed by atoms with E-state index >= 15 is 0 Å². The Kier molecular flexibility index (Phi) is 3.65. The van der Waals surface area contributed by atoms with Crippen LogP contribution in [-0.2, 0) is 19.6 Å². The van der Waals surface area contributed by atoms with E-state index in [0.29, 0.717) is 24.1 Å². The van der Waals surface area contributed by atoms with E-state index in [9.17, 15) is 4.79 Å². The fourth-order valence-corrected chi connectivity index (χ4v) is 3.19. The molecule has 0 bridgehead atoms. The zero-order valence-electron chi connectivity index (χ0n) is 13.9. The summed E-state index contributed by atoms with van der Waals surface area (Å²) < 4.78 is 3.61. The molecule has 0 amide bonds. The molecular weight excluding hydrogens is 304 g/mol. The van der Waals surface area contributed by atoms with Gasteiger partial charge in [0.1, 0.15) is 11.2 Å². The first kappa shape index (κ1) is 15.0. The molecule has 3 aromatic rings. The second-order valence-electron chi connectivity index (χ2n) is 6.47. The predicted molar refractivity (Wildman–Crippen MR) is 90.5 cm³/mol. The van der Waals surface area contributed by atoms with Crippen molar-refractivity contribution < 1.29 is 0 Å². The second kappa shape index (κ2) is 5.83. The van der Waals surface area contributed by atoms with Crippen LogP contribution in [0.2, 0.25) is 0 Å². The van der Waals surface area contributed by atoms with Gasteiger partial charge in [0.25, 0.3) is 5.56 Å². The molecule has 1 aliphatic rings. The molecule has 0 N–H and O–H groups in total. The molecule has 0 aliphatic carbocycles. The maximum Gasteiger partial charge on any atom is 0.264 e. The number of fused-ring (bicyclic) bond motifs is 2. The van der Waals surface area contributed by atoms with Gasteiger partial charge in [-0.2, -0.15) is 5.10 Å². The van der Waals surface area contributed by atoms with E-state index in [2.05, 4.69) is 15.0 Å². The van der Waals surface area contributed by atoms with E-state index in [4.69, 9.17) is 4.98 Å². The quantitative estimate of drug-likeness (QED) is 0.732. The van der Waals surface area contributed by atoms with Gasteiger partial charge in [0.15, 0.2) is 5.65 Å². The highest BCUT2D eigenvalue weighted by molar-refractivity contribution is 5.73.